The van der Waals surface area contributed by atoms with Crippen LogP contribution in [-0.4, -0.2) is 46.3 Å². The molecule has 164 valence electrons. The average Bonchev–Trinajstić information content (AvgIpc) is 2.66. The second-order valence-electron chi connectivity index (χ2n) is 6.98. The summed E-state index contributed by atoms with van der Waals surface area (Å²) in [5.74, 6) is -5.18. The molecular formula is C22H22O9. The highest BCUT2D eigenvalue weighted by molar-refractivity contribution is 6.06. The Morgan fingerprint density at radius 1 is 0.677 bits per heavy atom. The van der Waals surface area contributed by atoms with E-state index in [-0.39, 0.29) is 22.6 Å². The summed E-state index contributed by atoms with van der Waals surface area (Å²) in [6, 6.07) is 7.76. The number of ether oxygens (including phenoxy) is 3. The van der Waals surface area contributed by atoms with Gasteiger partial charge in [0, 0.05) is 0 Å². The zero-order valence-corrected chi connectivity index (χ0v) is 17.4. The maximum atomic E-state index is 12.8. The van der Waals surface area contributed by atoms with Crippen LogP contribution in [0.15, 0.2) is 36.4 Å². The first-order valence-electron chi connectivity index (χ1n) is 9.35. The Kier molecular flexibility index (Phi) is 7.36. The first kappa shape index (κ1) is 23.4. The van der Waals surface area contributed by atoms with E-state index in [9.17, 15) is 29.4 Å². The molecule has 0 saturated heterocycles. The second-order valence-corrected chi connectivity index (χ2v) is 6.98. The van der Waals surface area contributed by atoms with E-state index in [4.69, 9.17) is 14.2 Å². The standard InChI is InChI=1S/C22H22O9/c1-11(2)29-21(27)14-8-6-10-16(18(14)22(28)30-12(3)4)31-15-9-5-7-13(19(23)24)17(15)20(25)26/h5-12H,1-4H3,(H,23,24)(H,25,26). The number of carboxylic acids is 2. The zero-order valence-electron chi connectivity index (χ0n) is 17.4. The van der Waals surface area contributed by atoms with Gasteiger partial charge in [0.25, 0.3) is 0 Å². The molecule has 2 aromatic rings. The summed E-state index contributed by atoms with van der Waals surface area (Å²) in [7, 11) is 0. The smallest absolute Gasteiger partial charge is 0.343 e. The zero-order chi connectivity index (χ0) is 23.3. The number of esters is 2. The summed E-state index contributed by atoms with van der Waals surface area (Å²) in [6.45, 7) is 6.51. The molecule has 0 spiro atoms. The molecule has 2 N–H and O–H groups in total. The van der Waals surface area contributed by atoms with Crippen molar-refractivity contribution in [3.8, 4) is 11.5 Å². The lowest BCUT2D eigenvalue weighted by molar-refractivity contribution is 0.0325. The van der Waals surface area contributed by atoms with Crippen molar-refractivity contribution in [2.45, 2.75) is 39.9 Å². The van der Waals surface area contributed by atoms with Crippen molar-refractivity contribution < 1.29 is 43.6 Å². The van der Waals surface area contributed by atoms with Gasteiger partial charge in [-0.15, -0.1) is 0 Å². The van der Waals surface area contributed by atoms with Crippen LogP contribution in [0.4, 0.5) is 0 Å². The molecule has 0 aromatic heterocycles. The molecule has 0 saturated carbocycles. The number of hydrogen-bond donors (Lipinski definition) is 2. The van der Waals surface area contributed by atoms with E-state index in [0.29, 0.717) is 0 Å². The van der Waals surface area contributed by atoms with Crippen LogP contribution >= 0.6 is 0 Å². The molecule has 0 aliphatic carbocycles. The van der Waals surface area contributed by atoms with Crippen molar-refractivity contribution in [2.24, 2.45) is 0 Å². The minimum Gasteiger partial charge on any atom is -0.478 e. The van der Waals surface area contributed by atoms with Crippen LogP contribution in [0.1, 0.15) is 69.1 Å². The largest absolute Gasteiger partial charge is 0.478 e. The van der Waals surface area contributed by atoms with Crippen LogP contribution < -0.4 is 4.74 Å². The van der Waals surface area contributed by atoms with Gasteiger partial charge in [-0.25, -0.2) is 19.2 Å². The minimum absolute atomic E-state index is 0.136. The maximum Gasteiger partial charge on any atom is 0.343 e. The number of carbonyl (C=O) groups excluding carboxylic acids is 2. The molecule has 2 aromatic carbocycles. The number of carbonyl (C=O) groups is 4. The Morgan fingerprint density at radius 2 is 1.16 bits per heavy atom. The van der Waals surface area contributed by atoms with Gasteiger partial charge in [0.2, 0.25) is 0 Å². The van der Waals surface area contributed by atoms with E-state index in [0.717, 1.165) is 6.07 Å². The van der Waals surface area contributed by atoms with Gasteiger partial charge in [0.15, 0.2) is 0 Å². The van der Waals surface area contributed by atoms with E-state index in [1.54, 1.807) is 27.7 Å². The van der Waals surface area contributed by atoms with E-state index in [1.165, 1.54) is 30.3 Å². The van der Waals surface area contributed by atoms with Gasteiger partial charge < -0.3 is 24.4 Å². The minimum atomic E-state index is -1.53. The van der Waals surface area contributed by atoms with Crippen LogP contribution in [-0.2, 0) is 9.47 Å². The fourth-order valence-corrected chi connectivity index (χ4v) is 2.68. The summed E-state index contributed by atoms with van der Waals surface area (Å²) >= 11 is 0. The molecule has 0 heterocycles. The van der Waals surface area contributed by atoms with Crippen molar-refractivity contribution in [3.63, 3.8) is 0 Å². The fraction of sp³-hybridized carbons (Fsp3) is 0.273. The normalized spacial score (nSPS) is 10.6. The van der Waals surface area contributed by atoms with Crippen molar-refractivity contribution in [2.75, 3.05) is 0 Å². The van der Waals surface area contributed by atoms with Gasteiger partial charge >= 0.3 is 23.9 Å². The van der Waals surface area contributed by atoms with E-state index in [1.807, 2.05) is 0 Å². The number of hydrogen-bond acceptors (Lipinski definition) is 7. The first-order valence-corrected chi connectivity index (χ1v) is 9.35. The van der Waals surface area contributed by atoms with Crippen LogP contribution in [0.5, 0.6) is 11.5 Å². The van der Waals surface area contributed by atoms with Crippen molar-refractivity contribution >= 4 is 23.9 Å². The van der Waals surface area contributed by atoms with Crippen LogP contribution in [0.25, 0.3) is 0 Å². The molecular weight excluding hydrogens is 408 g/mol. The van der Waals surface area contributed by atoms with Gasteiger partial charge in [-0.3, -0.25) is 0 Å². The monoisotopic (exact) mass is 430 g/mol. The average molecular weight is 430 g/mol. The highest BCUT2D eigenvalue weighted by atomic mass is 16.6. The van der Waals surface area contributed by atoms with Crippen LogP contribution in [0.3, 0.4) is 0 Å². The summed E-state index contributed by atoms with van der Waals surface area (Å²) in [5.41, 5.74) is -1.50. The van der Waals surface area contributed by atoms with Crippen molar-refractivity contribution in [1.29, 1.82) is 0 Å². The number of aromatic carboxylic acids is 2. The predicted molar refractivity (Wildman–Crippen MR) is 108 cm³/mol. The van der Waals surface area contributed by atoms with Gasteiger partial charge in [0.05, 0.1) is 23.3 Å². The molecule has 0 amide bonds. The molecule has 0 atom stereocenters. The van der Waals surface area contributed by atoms with Gasteiger partial charge in [-0.2, -0.15) is 0 Å². The molecule has 0 aliphatic rings. The lowest BCUT2D eigenvalue weighted by Crippen LogP contribution is -2.20. The van der Waals surface area contributed by atoms with Crippen LogP contribution in [0, 0.1) is 0 Å². The molecule has 0 aliphatic heterocycles. The van der Waals surface area contributed by atoms with Crippen molar-refractivity contribution in [3.05, 3.63) is 58.7 Å². The quantitative estimate of drug-likeness (QED) is 0.595. The topological polar surface area (TPSA) is 136 Å². The Balaban J connectivity index is 2.66. The molecule has 9 heteroatoms. The van der Waals surface area contributed by atoms with Gasteiger partial charge in [0.1, 0.15) is 22.6 Å². The Labute approximate surface area is 178 Å². The third-order valence-electron chi connectivity index (χ3n) is 3.83. The SMILES string of the molecule is CC(C)OC(=O)c1cccc(Oc2cccc(C(=O)O)c2C(=O)O)c1C(=O)OC(C)C. The molecule has 0 bridgehead atoms. The third kappa shape index (κ3) is 5.59. The lowest BCUT2D eigenvalue weighted by Gasteiger charge is -2.17. The Bertz CT molecular complexity index is 1020. The van der Waals surface area contributed by atoms with E-state index >= 15 is 0 Å². The lowest BCUT2D eigenvalue weighted by atomic mass is 10.0. The number of rotatable bonds is 8. The Hall–Kier alpha value is -3.88. The van der Waals surface area contributed by atoms with E-state index in [2.05, 4.69) is 0 Å². The molecule has 0 unspecified atom stereocenters. The van der Waals surface area contributed by atoms with Gasteiger partial charge in [-0.1, -0.05) is 12.1 Å². The maximum absolute atomic E-state index is 12.8. The summed E-state index contributed by atoms with van der Waals surface area (Å²) in [4.78, 5) is 48.4. The highest BCUT2D eigenvalue weighted by Gasteiger charge is 2.28. The van der Waals surface area contributed by atoms with Crippen LogP contribution in [0.2, 0.25) is 0 Å². The Morgan fingerprint density at radius 3 is 1.65 bits per heavy atom. The van der Waals surface area contributed by atoms with Crippen molar-refractivity contribution in [1.82, 2.24) is 0 Å². The summed E-state index contributed by atoms with van der Waals surface area (Å²) in [6.07, 6.45) is -0.976. The molecule has 9 nitrogen and oxygen atoms in total. The molecule has 0 radical (unpaired) electrons. The number of benzene rings is 2. The predicted octanol–water partition coefficient (Wildman–Crippen LogP) is 4.01. The third-order valence-corrected chi connectivity index (χ3v) is 3.83. The molecule has 0 fully saturated rings. The highest BCUT2D eigenvalue weighted by Crippen LogP contribution is 2.33. The van der Waals surface area contributed by atoms with E-state index < -0.39 is 47.2 Å². The number of carboxylic acid groups (broad SMARTS) is 2. The fourth-order valence-electron chi connectivity index (χ4n) is 2.68. The first-order chi connectivity index (χ1) is 14.5. The van der Waals surface area contributed by atoms with Gasteiger partial charge in [-0.05, 0) is 52.0 Å². The molecule has 2 rings (SSSR count). The summed E-state index contributed by atoms with van der Waals surface area (Å²) in [5, 5.41) is 18.8. The summed E-state index contributed by atoms with van der Waals surface area (Å²) < 4.78 is 16.0. The molecule has 31 heavy (non-hydrogen) atoms. The second kappa shape index (κ2) is 9.75.